The van der Waals surface area contributed by atoms with E-state index in [2.05, 4.69) is 6.92 Å². The topological polar surface area (TPSA) is 55.8 Å². The number of unbranched alkanes of at least 4 members (excludes halogenated alkanes) is 1. The van der Waals surface area contributed by atoms with Gasteiger partial charge in [0.15, 0.2) is 11.6 Å². The number of ether oxygens (including phenoxy) is 2. The van der Waals surface area contributed by atoms with E-state index in [1.54, 1.807) is 4.90 Å². The monoisotopic (exact) mass is 407 g/mol. The van der Waals surface area contributed by atoms with Crippen molar-refractivity contribution in [1.82, 2.24) is 0 Å². The molecule has 0 heterocycles. The van der Waals surface area contributed by atoms with Gasteiger partial charge in [0.25, 0.3) is 0 Å². The highest BCUT2D eigenvalue weighted by Crippen LogP contribution is 2.35. The normalized spacial score (nSPS) is 19.1. The lowest BCUT2D eigenvalue weighted by atomic mass is 9.82. The zero-order valence-electron chi connectivity index (χ0n) is 18.3. The van der Waals surface area contributed by atoms with E-state index < -0.39 is 11.8 Å². The van der Waals surface area contributed by atoms with Gasteiger partial charge in [-0.2, -0.15) is 0 Å². The molecule has 0 aliphatic heterocycles. The van der Waals surface area contributed by atoms with Crippen molar-refractivity contribution < 1.29 is 23.5 Å². The van der Waals surface area contributed by atoms with Gasteiger partial charge in [-0.25, -0.2) is 9.18 Å². The summed E-state index contributed by atoms with van der Waals surface area (Å²) in [5, 5.41) is 0. The fourth-order valence-electron chi connectivity index (χ4n) is 3.81. The molecule has 1 fully saturated rings. The van der Waals surface area contributed by atoms with E-state index in [1.807, 2.05) is 20.8 Å². The average molecular weight is 408 g/mol. The van der Waals surface area contributed by atoms with Gasteiger partial charge in [0, 0.05) is 18.0 Å². The Morgan fingerprint density at radius 3 is 2.41 bits per heavy atom. The van der Waals surface area contributed by atoms with Crippen molar-refractivity contribution in [2.75, 3.05) is 18.6 Å². The third kappa shape index (κ3) is 5.71. The molecular weight excluding hydrogens is 373 g/mol. The summed E-state index contributed by atoms with van der Waals surface area (Å²) in [7, 11) is 1.27. The van der Waals surface area contributed by atoms with E-state index in [1.165, 1.54) is 19.2 Å². The van der Waals surface area contributed by atoms with E-state index in [9.17, 15) is 14.0 Å². The second-order valence-electron chi connectivity index (χ2n) is 8.25. The minimum Gasteiger partial charge on any atom is -0.490 e. The Hall–Kier alpha value is -2.11. The molecule has 1 aliphatic carbocycles. The van der Waals surface area contributed by atoms with Crippen molar-refractivity contribution in [1.29, 1.82) is 0 Å². The first-order valence-electron chi connectivity index (χ1n) is 10.7. The summed E-state index contributed by atoms with van der Waals surface area (Å²) in [6.45, 7) is 8.31. The van der Waals surface area contributed by atoms with E-state index in [0.717, 1.165) is 38.5 Å². The highest BCUT2D eigenvalue weighted by Gasteiger charge is 2.33. The van der Waals surface area contributed by atoms with Crippen LogP contribution in [0.3, 0.4) is 0 Å². The van der Waals surface area contributed by atoms with E-state index in [0.29, 0.717) is 12.5 Å². The van der Waals surface area contributed by atoms with Gasteiger partial charge < -0.3 is 14.4 Å². The Morgan fingerprint density at radius 1 is 1.21 bits per heavy atom. The molecule has 1 saturated carbocycles. The van der Waals surface area contributed by atoms with Crippen LogP contribution in [-0.4, -0.2) is 31.6 Å². The van der Waals surface area contributed by atoms with Crippen molar-refractivity contribution in [3.63, 3.8) is 0 Å². The summed E-state index contributed by atoms with van der Waals surface area (Å²) in [6.07, 6.45) is 5.34. The molecule has 0 saturated heterocycles. The number of methoxy groups -OCH3 is 1. The summed E-state index contributed by atoms with van der Waals surface area (Å²) in [5.74, 6) is -0.742. The zero-order chi connectivity index (χ0) is 21.6. The minimum absolute atomic E-state index is 0.00486. The quantitative estimate of drug-likeness (QED) is 0.430. The maximum absolute atomic E-state index is 14.8. The third-order valence-corrected chi connectivity index (χ3v) is 5.59. The molecule has 0 spiro atoms. The molecule has 162 valence electrons. The Morgan fingerprint density at radius 2 is 1.86 bits per heavy atom. The van der Waals surface area contributed by atoms with Crippen LogP contribution < -0.4 is 9.64 Å². The Balaban J connectivity index is 2.42. The van der Waals surface area contributed by atoms with Gasteiger partial charge in [0.05, 0.1) is 25.0 Å². The summed E-state index contributed by atoms with van der Waals surface area (Å²) >= 11 is 0. The van der Waals surface area contributed by atoms with Gasteiger partial charge in [-0.15, -0.1) is 0 Å². The molecule has 0 unspecified atom stereocenters. The number of rotatable bonds is 8. The van der Waals surface area contributed by atoms with E-state index in [4.69, 9.17) is 9.47 Å². The van der Waals surface area contributed by atoms with Crippen LogP contribution in [0.4, 0.5) is 10.1 Å². The SMILES string of the molecule is CCCCOc1cc(C(=O)OC)c(N(C(=O)[C@H]2CC[C@H](C)CC2)C(C)C)cc1F. The highest BCUT2D eigenvalue weighted by atomic mass is 19.1. The average Bonchev–Trinajstić information content (AvgIpc) is 2.69. The third-order valence-electron chi connectivity index (χ3n) is 5.59. The first-order valence-corrected chi connectivity index (χ1v) is 10.7. The lowest BCUT2D eigenvalue weighted by Gasteiger charge is -2.34. The van der Waals surface area contributed by atoms with Crippen LogP contribution in [0, 0.1) is 17.7 Å². The largest absolute Gasteiger partial charge is 0.490 e. The van der Waals surface area contributed by atoms with Gasteiger partial charge in [-0.05, 0) is 57.9 Å². The number of carbonyl (C=O) groups excluding carboxylic acids is 2. The van der Waals surface area contributed by atoms with Gasteiger partial charge in [0.2, 0.25) is 5.91 Å². The van der Waals surface area contributed by atoms with Crippen molar-refractivity contribution >= 4 is 17.6 Å². The number of halogens is 1. The minimum atomic E-state index is -0.615. The summed E-state index contributed by atoms with van der Waals surface area (Å²) in [4.78, 5) is 27.3. The Bertz CT molecular complexity index is 711. The van der Waals surface area contributed by atoms with Gasteiger partial charge >= 0.3 is 5.97 Å². The number of anilines is 1. The van der Waals surface area contributed by atoms with Crippen molar-refractivity contribution in [2.45, 2.75) is 72.3 Å². The predicted molar refractivity (Wildman–Crippen MR) is 112 cm³/mol. The Labute approximate surface area is 173 Å². The number of carbonyl (C=O) groups is 2. The summed E-state index contributed by atoms with van der Waals surface area (Å²) in [6, 6.07) is 2.37. The number of esters is 1. The maximum Gasteiger partial charge on any atom is 0.340 e. The van der Waals surface area contributed by atoms with Crippen LogP contribution in [0.5, 0.6) is 5.75 Å². The van der Waals surface area contributed by atoms with Gasteiger partial charge in [-0.3, -0.25) is 4.79 Å². The second-order valence-corrected chi connectivity index (χ2v) is 8.25. The number of benzene rings is 1. The molecular formula is C23H34FNO4. The molecule has 1 aliphatic rings. The number of amides is 1. The molecule has 1 amide bonds. The standard InChI is InChI=1S/C23H34FNO4/c1-6-7-12-29-21-13-18(23(27)28-5)20(14-19(21)24)25(15(2)3)22(26)17-10-8-16(4)9-11-17/h13-17H,6-12H2,1-5H3/t16-,17-. The lowest BCUT2D eigenvalue weighted by Crippen LogP contribution is -2.43. The fraction of sp³-hybridized carbons (Fsp3) is 0.652. The molecule has 0 aromatic heterocycles. The summed E-state index contributed by atoms with van der Waals surface area (Å²) < 4.78 is 25.2. The Kier molecular flexibility index (Phi) is 8.47. The van der Waals surface area contributed by atoms with Gasteiger partial charge in [0.1, 0.15) is 0 Å². The van der Waals surface area contributed by atoms with Gasteiger partial charge in [-0.1, -0.05) is 20.3 Å². The predicted octanol–water partition coefficient (Wildman–Crippen LogP) is 5.36. The lowest BCUT2D eigenvalue weighted by molar-refractivity contribution is -0.123. The van der Waals surface area contributed by atoms with Crippen molar-refractivity contribution in [3.05, 3.63) is 23.5 Å². The van der Waals surface area contributed by atoms with Crippen LogP contribution in [-0.2, 0) is 9.53 Å². The molecule has 0 N–H and O–H groups in total. The van der Waals surface area contributed by atoms with E-state index in [-0.39, 0.29) is 34.9 Å². The fourth-order valence-corrected chi connectivity index (χ4v) is 3.81. The first-order chi connectivity index (χ1) is 13.8. The number of nitrogens with zero attached hydrogens (tertiary/aromatic N) is 1. The molecule has 1 aromatic rings. The molecule has 1 aromatic carbocycles. The number of hydrogen-bond donors (Lipinski definition) is 0. The molecule has 0 radical (unpaired) electrons. The van der Waals surface area contributed by atoms with Crippen LogP contribution in [0.15, 0.2) is 12.1 Å². The molecule has 5 nitrogen and oxygen atoms in total. The van der Waals surface area contributed by atoms with Crippen LogP contribution in [0.25, 0.3) is 0 Å². The maximum atomic E-state index is 14.8. The zero-order valence-corrected chi connectivity index (χ0v) is 18.3. The first kappa shape index (κ1) is 23.2. The summed E-state index contributed by atoms with van der Waals surface area (Å²) in [5.41, 5.74) is 0.391. The van der Waals surface area contributed by atoms with Crippen molar-refractivity contribution in [3.8, 4) is 5.75 Å². The molecule has 29 heavy (non-hydrogen) atoms. The van der Waals surface area contributed by atoms with E-state index >= 15 is 0 Å². The highest BCUT2D eigenvalue weighted by molar-refractivity contribution is 6.04. The second kappa shape index (κ2) is 10.6. The molecule has 0 bridgehead atoms. The molecule has 6 heteroatoms. The molecule has 0 atom stereocenters. The van der Waals surface area contributed by atoms with Crippen molar-refractivity contribution in [2.24, 2.45) is 11.8 Å². The smallest absolute Gasteiger partial charge is 0.340 e. The van der Waals surface area contributed by atoms with Crippen LogP contribution in [0.2, 0.25) is 0 Å². The molecule has 2 rings (SSSR count). The number of hydrogen-bond acceptors (Lipinski definition) is 4. The van der Waals surface area contributed by atoms with Crippen LogP contribution in [0.1, 0.15) is 76.6 Å². The van der Waals surface area contributed by atoms with Crippen LogP contribution >= 0.6 is 0 Å².